The second-order valence-electron chi connectivity index (χ2n) is 7.26. The lowest BCUT2D eigenvalue weighted by Gasteiger charge is -2.34. The monoisotopic (exact) mass is 598 g/mol. The normalized spacial score (nSPS) is 16.6. The topological polar surface area (TPSA) is 86.7 Å². The molecule has 2 atom stereocenters. The third-order valence-electron chi connectivity index (χ3n) is 5.19. The summed E-state index contributed by atoms with van der Waals surface area (Å²) in [6, 6.07) is 11.4. The van der Waals surface area contributed by atoms with Crippen LogP contribution in [-0.2, 0) is 9.59 Å². The van der Waals surface area contributed by atoms with E-state index in [4.69, 9.17) is 23.2 Å². The van der Waals surface area contributed by atoms with E-state index in [1.807, 2.05) is 22.6 Å². The third-order valence-corrected chi connectivity index (χ3v) is 6.42. The largest absolute Gasteiger partial charge is 0.479 e. The minimum atomic E-state index is -1.68. The average Bonchev–Trinajstić information content (AvgIpc) is 2.86. The maximum absolute atomic E-state index is 14.3. The van der Waals surface area contributed by atoms with Crippen LogP contribution in [0.15, 0.2) is 60.7 Å². The molecule has 4 rings (SSSR count). The van der Waals surface area contributed by atoms with Crippen LogP contribution >= 0.6 is 45.8 Å². The predicted molar refractivity (Wildman–Crippen MR) is 130 cm³/mol. The zero-order chi connectivity index (χ0) is 23.9. The van der Waals surface area contributed by atoms with Gasteiger partial charge in [0.2, 0.25) is 0 Å². The first kappa shape index (κ1) is 23.5. The number of aliphatic carboxylic acids is 1. The van der Waals surface area contributed by atoms with Crippen LogP contribution in [0, 0.1) is 9.39 Å². The fourth-order valence-corrected chi connectivity index (χ4v) is 4.45. The van der Waals surface area contributed by atoms with Gasteiger partial charge < -0.3 is 15.3 Å². The van der Waals surface area contributed by atoms with Crippen LogP contribution in [0.25, 0.3) is 0 Å². The number of benzene rings is 3. The van der Waals surface area contributed by atoms with Crippen molar-refractivity contribution in [3.8, 4) is 0 Å². The van der Waals surface area contributed by atoms with Crippen LogP contribution in [0.3, 0.4) is 0 Å². The van der Waals surface area contributed by atoms with Crippen LogP contribution in [0.2, 0.25) is 10.0 Å². The van der Waals surface area contributed by atoms with Crippen LogP contribution in [0.1, 0.15) is 33.6 Å². The molecule has 0 bridgehead atoms. The van der Waals surface area contributed by atoms with E-state index in [1.165, 1.54) is 36.4 Å². The molecule has 1 aliphatic rings. The van der Waals surface area contributed by atoms with Crippen LogP contribution in [-0.4, -0.2) is 27.8 Å². The van der Waals surface area contributed by atoms with Gasteiger partial charge in [-0.3, -0.25) is 9.59 Å². The van der Waals surface area contributed by atoms with E-state index in [0.717, 1.165) is 11.0 Å². The molecule has 3 aromatic carbocycles. The van der Waals surface area contributed by atoms with E-state index in [1.54, 1.807) is 18.2 Å². The van der Waals surface area contributed by atoms with Crippen molar-refractivity contribution in [2.75, 3.05) is 5.32 Å². The number of nitrogens with zero attached hydrogens (tertiary/aromatic N) is 1. The number of amides is 2. The summed E-state index contributed by atoms with van der Waals surface area (Å²) in [7, 11) is 0. The highest BCUT2D eigenvalue weighted by molar-refractivity contribution is 14.1. The Balaban J connectivity index is 1.97. The SMILES string of the molecule is O=C(O)C(c1ccc(Cl)c(F)c1)N1C(=O)c2cc(I)ccc2NC(=O)C1c1ccc(Cl)cc1. The Morgan fingerprint density at radius 2 is 1.76 bits per heavy atom. The molecular weight excluding hydrogens is 585 g/mol. The van der Waals surface area contributed by atoms with E-state index in [0.29, 0.717) is 14.2 Å². The molecule has 0 aromatic heterocycles. The number of carbonyl (C=O) groups is 3. The molecular formula is C23H14Cl2FIN2O4. The number of fused-ring (bicyclic) bond motifs is 1. The molecule has 0 spiro atoms. The first-order chi connectivity index (χ1) is 15.7. The lowest BCUT2D eigenvalue weighted by atomic mass is 9.97. The first-order valence-corrected chi connectivity index (χ1v) is 11.4. The molecule has 0 radical (unpaired) electrons. The summed E-state index contributed by atoms with van der Waals surface area (Å²) in [4.78, 5) is 40.5. The first-order valence-electron chi connectivity index (χ1n) is 9.53. The molecule has 1 heterocycles. The number of rotatable bonds is 4. The van der Waals surface area contributed by atoms with E-state index >= 15 is 0 Å². The zero-order valence-electron chi connectivity index (χ0n) is 16.6. The Bertz CT molecular complexity index is 1290. The summed E-state index contributed by atoms with van der Waals surface area (Å²) in [5, 5.41) is 13.1. The number of carbonyl (C=O) groups excluding carboxylic acids is 2. The molecule has 2 amide bonds. The molecule has 1 aliphatic heterocycles. The van der Waals surface area contributed by atoms with E-state index in [-0.39, 0.29) is 21.8 Å². The maximum Gasteiger partial charge on any atom is 0.331 e. The van der Waals surface area contributed by atoms with Crippen LogP contribution in [0.4, 0.5) is 10.1 Å². The lowest BCUT2D eigenvalue weighted by Crippen LogP contribution is -2.44. The van der Waals surface area contributed by atoms with E-state index in [2.05, 4.69) is 5.32 Å². The highest BCUT2D eigenvalue weighted by atomic mass is 127. The van der Waals surface area contributed by atoms with Crippen molar-refractivity contribution in [2.24, 2.45) is 0 Å². The lowest BCUT2D eigenvalue weighted by molar-refractivity contribution is -0.144. The molecule has 2 unspecified atom stereocenters. The second-order valence-corrected chi connectivity index (χ2v) is 9.35. The zero-order valence-corrected chi connectivity index (χ0v) is 20.2. The fourth-order valence-electron chi connectivity index (χ4n) is 3.71. The smallest absolute Gasteiger partial charge is 0.331 e. The van der Waals surface area contributed by atoms with E-state index in [9.17, 15) is 23.9 Å². The highest BCUT2D eigenvalue weighted by Gasteiger charge is 2.44. The van der Waals surface area contributed by atoms with Crippen molar-refractivity contribution in [1.29, 1.82) is 0 Å². The van der Waals surface area contributed by atoms with Gasteiger partial charge in [-0.1, -0.05) is 41.4 Å². The Morgan fingerprint density at radius 3 is 2.39 bits per heavy atom. The Hall–Kier alpha value is -2.69. The number of halogens is 4. The van der Waals surface area contributed by atoms with Gasteiger partial charge in [-0.05, 0) is 76.2 Å². The minimum absolute atomic E-state index is 0.0430. The molecule has 0 fully saturated rings. The van der Waals surface area contributed by atoms with Crippen molar-refractivity contribution in [3.63, 3.8) is 0 Å². The number of hydrogen-bond donors (Lipinski definition) is 2. The number of carboxylic acids is 1. The molecule has 168 valence electrons. The van der Waals surface area contributed by atoms with Gasteiger partial charge in [0.05, 0.1) is 16.3 Å². The summed E-state index contributed by atoms with van der Waals surface area (Å²) in [5.41, 5.74) is 0.665. The van der Waals surface area contributed by atoms with Crippen LogP contribution < -0.4 is 5.32 Å². The summed E-state index contributed by atoms with van der Waals surface area (Å²) >= 11 is 13.8. The van der Waals surface area contributed by atoms with Crippen molar-refractivity contribution < 1.29 is 23.9 Å². The molecule has 0 saturated heterocycles. The Morgan fingerprint density at radius 1 is 1.06 bits per heavy atom. The average molecular weight is 599 g/mol. The standard InChI is InChI=1S/C23H14Cl2FIN2O4/c24-13-4-1-11(2-5-13)19-21(30)28-18-8-6-14(27)10-15(18)22(31)29(19)20(23(32)33)12-3-7-16(25)17(26)9-12/h1-10,19-20H,(H,28,30)(H,32,33). The summed E-state index contributed by atoms with van der Waals surface area (Å²) in [5.74, 6) is -3.60. The van der Waals surface area contributed by atoms with Crippen LogP contribution in [0.5, 0.6) is 0 Å². The van der Waals surface area contributed by atoms with Gasteiger partial charge in [0.1, 0.15) is 11.9 Å². The third kappa shape index (κ3) is 4.55. The fraction of sp³-hybridized carbons (Fsp3) is 0.0870. The van der Waals surface area contributed by atoms with Gasteiger partial charge in [-0.2, -0.15) is 0 Å². The van der Waals surface area contributed by atoms with Crippen molar-refractivity contribution in [1.82, 2.24) is 4.90 Å². The van der Waals surface area contributed by atoms with Gasteiger partial charge in [0, 0.05) is 8.59 Å². The van der Waals surface area contributed by atoms with Gasteiger partial charge in [-0.25, -0.2) is 9.18 Å². The summed E-state index contributed by atoms with van der Waals surface area (Å²) in [6.45, 7) is 0. The van der Waals surface area contributed by atoms with Gasteiger partial charge >= 0.3 is 5.97 Å². The predicted octanol–water partition coefficient (Wildman–Crippen LogP) is 5.70. The maximum atomic E-state index is 14.3. The molecule has 33 heavy (non-hydrogen) atoms. The molecule has 3 aromatic rings. The highest BCUT2D eigenvalue weighted by Crippen LogP contribution is 2.38. The molecule has 2 N–H and O–H groups in total. The van der Waals surface area contributed by atoms with Crippen molar-refractivity contribution in [3.05, 3.63) is 96.8 Å². The minimum Gasteiger partial charge on any atom is -0.479 e. The molecule has 0 aliphatic carbocycles. The molecule has 10 heteroatoms. The summed E-state index contributed by atoms with van der Waals surface area (Å²) in [6.07, 6.45) is 0. The number of anilines is 1. The molecule has 0 saturated carbocycles. The summed E-state index contributed by atoms with van der Waals surface area (Å²) < 4.78 is 15.0. The Labute approximate surface area is 211 Å². The quantitative estimate of drug-likeness (QED) is 0.377. The van der Waals surface area contributed by atoms with Gasteiger partial charge in [0.15, 0.2) is 6.04 Å². The van der Waals surface area contributed by atoms with Crippen molar-refractivity contribution >= 4 is 69.3 Å². The molecule has 6 nitrogen and oxygen atoms in total. The Kier molecular flexibility index (Phi) is 6.60. The van der Waals surface area contributed by atoms with Gasteiger partial charge in [0.25, 0.3) is 11.8 Å². The number of nitrogens with one attached hydrogen (secondary N) is 1. The van der Waals surface area contributed by atoms with Gasteiger partial charge in [-0.15, -0.1) is 0 Å². The van der Waals surface area contributed by atoms with Crippen molar-refractivity contribution in [2.45, 2.75) is 12.1 Å². The number of carboxylic acid groups (broad SMARTS) is 1. The second kappa shape index (κ2) is 9.28. The van der Waals surface area contributed by atoms with E-state index < -0.39 is 35.7 Å². The number of hydrogen-bond acceptors (Lipinski definition) is 3.